The van der Waals surface area contributed by atoms with E-state index in [2.05, 4.69) is 46.5 Å². The lowest BCUT2D eigenvalue weighted by atomic mass is 10.1. The van der Waals surface area contributed by atoms with Crippen LogP contribution in [0.3, 0.4) is 0 Å². The van der Waals surface area contributed by atoms with Crippen molar-refractivity contribution in [3.8, 4) is 17.3 Å². The molecule has 0 spiro atoms. The highest BCUT2D eigenvalue weighted by Crippen LogP contribution is 2.24. The molecule has 0 radical (unpaired) electrons. The predicted molar refractivity (Wildman–Crippen MR) is 92.0 cm³/mol. The highest BCUT2D eigenvalue weighted by molar-refractivity contribution is 5.55. The van der Waals surface area contributed by atoms with Gasteiger partial charge >= 0.3 is 0 Å². The van der Waals surface area contributed by atoms with E-state index in [1.54, 1.807) is 19.4 Å². The number of ether oxygens (including phenoxy) is 1. The van der Waals surface area contributed by atoms with Crippen molar-refractivity contribution in [3.63, 3.8) is 0 Å². The largest absolute Gasteiger partial charge is 0.481 e. The van der Waals surface area contributed by atoms with E-state index in [9.17, 15) is 0 Å². The van der Waals surface area contributed by atoms with Crippen molar-refractivity contribution in [3.05, 3.63) is 53.5 Å². The Labute approximate surface area is 140 Å². The SMILES string of the molecule is COc1ccc(N[C@@H](C)c2nnc(-c3ccc(C)c(C)c3)o2)cn1. The van der Waals surface area contributed by atoms with Crippen LogP contribution < -0.4 is 10.1 Å². The fraction of sp³-hybridized carbons (Fsp3) is 0.278. The molecule has 6 heteroatoms. The quantitative estimate of drug-likeness (QED) is 0.766. The topological polar surface area (TPSA) is 73.1 Å². The molecule has 2 aromatic heterocycles. The molecular formula is C18H20N4O2. The third-order valence-electron chi connectivity index (χ3n) is 3.89. The van der Waals surface area contributed by atoms with Crippen molar-refractivity contribution in [1.29, 1.82) is 0 Å². The Morgan fingerprint density at radius 3 is 2.58 bits per heavy atom. The van der Waals surface area contributed by atoms with Gasteiger partial charge in [0, 0.05) is 11.6 Å². The van der Waals surface area contributed by atoms with Crippen LogP contribution in [0, 0.1) is 13.8 Å². The van der Waals surface area contributed by atoms with Gasteiger partial charge in [0.25, 0.3) is 0 Å². The van der Waals surface area contributed by atoms with E-state index in [-0.39, 0.29) is 6.04 Å². The molecule has 0 amide bonds. The van der Waals surface area contributed by atoms with Crippen molar-refractivity contribution in [2.45, 2.75) is 26.8 Å². The number of pyridine rings is 1. The number of hydrogen-bond donors (Lipinski definition) is 1. The van der Waals surface area contributed by atoms with Crippen LogP contribution in [0.15, 0.2) is 40.9 Å². The zero-order valence-corrected chi connectivity index (χ0v) is 14.2. The highest BCUT2D eigenvalue weighted by Gasteiger charge is 2.15. The third kappa shape index (κ3) is 3.37. The Balaban J connectivity index is 1.75. The normalized spacial score (nSPS) is 12.0. The molecule has 3 rings (SSSR count). The van der Waals surface area contributed by atoms with Crippen molar-refractivity contribution in [1.82, 2.24) is 15.2 Å². The Hall–Kier alpha value is -2.89. The van der Waals surface area contributed by atoms with Gasteiger partial charge in [0.15, 0.2) is 0 Å². The van der Waals surface area contributed by atoms with Crippen LogP contribution >= 0.6 is 0 Å². The first-order chi connectivity index (χ1) is 11.6. The number of methoxy groups -OCH3 is 1. The number of aromatic nitrogens is 3. The molecule has 1 atom stereocenters. The number of hydrogen-bond acceptors (Lipinski definition) is 6. The molecule has 0 aliphatic carbocycles. The third-order valence-corrected chi connectivity index (χ3v) is 3.89. The summed E-state index contributed by atoms with van der Waals surface area (Å²) in [5.74, 6) is 1.62. The van der Waals surface area contributed by atoms with E-state index in [1.807, 2.05) is 19.1 Å². The van der Waals surface area contributed by atoms with Gasteiger partial charge in [-0.3, -0.25) is 0 Å². The average molecular weight is 324 g/mol. The summed E-state index contributed by atoms with van der Waals surface area (Å²) >= 11 is 0. The molecule has 0 aliphatic rings. The maximum Gasteiger partial charge on any atom is 0.247 e. The van der Waals surface area contributed by atoms with Crippen molar-refractivity contribution >= 4 is 5.69 Å². The predicted octanol–water partition coefficient (Wildman–Crippen LogP) is 3.93. The van der Waals surface area contributed by atoms with E-state index >= 15 is 0 Å². The second kappa shape index (κ2) is 6.70. The van der Waals surface area contributed by atoms with Gasteiger partial charge in [-0.25, -0.2) is 4.98 Å². The molecule has 3 aromatic rings. The number of anilines is 1. The summed E-state index contributed by atoms with van der Waals surface area (Å²) in [7, 11) is 1.59. The summed E-state index contributed by atoms with van der Waals surface area (Å²) in [6.07, 6.45) is 1.70. The van der Waals surface area contributed by atoms with Gasteiger partial charge in [-0.1, -0.05) is 6.07 Å². The summed E-state index contributed by atoms with van der Waals surface area (Å²) < 4.78 is 10.9. The molecular weight excluding hydrogens is 304 g/mol. The van der Waals surface area contributed by atoms with Gasteiger partial charge in [0.05, 0.1) is 19.0 Å². The molecule has 0 saturated carbocycles. The molecule has 0 aliphatic heterocycles. The van der Waals surface area contributed by atoms with Crippen LogP contribution in [-0.4, -0.2) is 22.3 Å². The van der Waals surface area contributed by atoms with Gasteiger partial charge in [0.2, 0.25) is 17.7 Å². The summed E-state index contributed by atoms with van der Waals surface area (Å²) in [6.45, 7) is 6.10. The zero-order valence-electron chi connectivity index (χ0n) is 14.2. The summed E-state index contributed by atoms with van der Waals surface area (Å²) in [4.78, 5) is 4.16. The Morgan fingerprint density at radius 2 is 1.92 bits per heavy atom. The fourth-order valence-corrected chi connectivity index (χ4v) is 2.30. The van der Waals surface area contributed by atoms with Crippen LogP contribution in [0.25, 0.3) is 11.5 Å². The maximum atomic E-state index is 5.81. The number of rotatable bonds is 5. The highest BCUT2D eigenvalue weighted by atomic mass is 16.5. The number of nitrogens with one attached hydrogen (secondary N) is 1. The van der Waals surface area contributed by atoms with Crippen LogP contribution in [-0.2, 0) is 0 Å². The molecule has 0 saturated heterocycles. The van der Waals surface area contributed by atoms with Gasteiger partial charge in [-0.05, 0) is 50.1 Å². The van der Waals surface area contributed by atoms with Gasteiger partial charge in [-0.2, -0.15) is 0 Å². The lowest BCUT2D eigenvalue weighted by molar-refractivity contribution is 0.398. The molecule has 0 unspecified atom stereocenters. The fourth-order valence-electron chi connectivity index (χ4n) is 2.30. The molecule has 124 valence electrons. The number of nitrogens with zero attached hydrogens (tertiary/aromatic N) is 3. The Morgan fingerprint density at radius 1 is 1.08 bits per heavy atom. The summed E-state index contributed by atoms with van der Waals surface area (Å²) in [5, 5.41) is 11.6. The minimum Gasteiger partial charge on any atom is -0.481 e. The van der Waals surface area contributed by atoms with Crippen molar-refractivity contribution in [2.75, 3.05) is 12.4 Å². The monoisotopic (exact) mass is 324 g/mol. The average Bonchev–Trinajstić information content (AvgIpc) is 3.08. The number of aryl methyl sites for hydroxylation is 2. The Bertz CT molecular complexity index is 827. The van der Waals surface area contributed by atoms with E-state index in [4.69, 9.17) is 9.15 Å². The lowest BCUT2D eigenvalue weighted by Crippen LogP contribution is -2.07. The second-order valence-corrected chi connectivity index (χ2v) is 5.70. The lowest BCUT2D eigenvalue weighted by Gasteiger charge is -2.11. The van der Waals surface area contributed by atoms with E-state index in [0.29, 0.717) is 17.7 Å². The Kier molecular flexibility index (Phi) is 4.46. The summed E-state index contributed by atoms with van der Waals surface area (Å²) in [5.41, 5.74) is 4.22. The van der Waals surface area contributed by atoms with E-state index < -0.39 is 0 Å². The molecule has 2 heterocycles. The standard InChI is InChI=1S/C18H20N4O2/c1-11-5-6-14(9-12(11)2)18-22-21-17(24-18)13(3)20-15-7-8-16(23-4)19-10-15/h5-10,13,20H,1-4H3/t13-/m0/s1. The van der Waals surface area contributed by atoms with Gasteiger partial charge < -0.3 is 14.5 Å². The first kappa shape index (κ1) is 16.0. The molecule has 1 N–H and O–H groups in total. The molecule has 0 bridgehead atoms. The van der Waals surface area contributed by atoms with Crippen LogP contribution in [0.2, 0.25) is 0 Å². The minimum atomic E-state index is -0.131. The first-order valence-electron chi connectivity index (χ1n) is 7.74. The van der Waals surface area contributed by atoms with E-state index in [0.717, 1.165) is 11.3 Å². The minimum absolute atomic E-state index is 0.131. The maximum absolute atomic E-state index is 5.81. The van der Waals surface area contributed by atoms with Crippen LogP contribution in [0.5, 0.6) is 5.88 Å². The van der Waals surface area contributed by atoms with Gasteiger partial charge in [0.1, 0.15) is 6.04 Å². The first-order valence-corrected chi connectivity index (χ1v) is 7.74. The van der Waals surface area contributed by atoms with Gasteiger partial charge in [-0.15, -0.1) is 10.2 Å². The van der Waals surface area contributed by atoms with Crippen LogP contribution in [0.1, 0.15) is 30.0 Å². The molecule has 24 heavy (non-hydrogen) atoms. The zero-order chi connectivity index (χ0) is 17.1. The second-order valence-electron chi connectivity index (χ2n) is 5.70. The number of benzene rings is 1. The van der Waals surface area contributed by atoms with Crippen molar-refractivity contribution < 1.29 is 9.15 Å². The molecule has 0 fully saturated rings. The smallest absolute Gasteiger partial charge is 0.247 e. The van der Waals surface area contributed by atoms with Crippen LogP contribution in [0.4, 0.5) is 5.69 Å². The molecule has 1 aromatic carbocycles. The van der Waals surface area contributed by atoms with E-state index in [1.165, 1.54) is 11.1 Å². The summed E-state index contributed by atoms with van der Waals surface area (Å²) in [6, 6.07) is 9.66. The molecule has 6 nitrogen and oxygen atoms in total. The van der Waals surface area contributed by atoms with Crippen molar-refractivity contribution in [2.24, 2.45) is 0 Å².